The van der Waals surface area contributed by atoms with Gasteiger partial charge in [-0.05, 0) is 42.1 Å². The van der Waals surface area contributed by atoms with E-state index < -0.39 is 0 Å². The number of amidine groups is 1. The predicted molar refractivity (Wildman–Crippen MR) is 97.1 cm³/mol. The van der Waals surface area contributed by atoms with Crippen LogP contribution in [0.1, 0.15) is 11.1 Å². The Kier molecular flexibility index (Phi) is 5.01. The van der Waals surface area contributed by atoms with Gasteiger partial charge in [0.2, 0.25) is 0 Å². The summed E-state index contributed by atoms with van der Waals surface area (Å²) in [6.07, 6.45) is 1.66. The molecule has 7 heteroatoms. The number of benzene rings is 2. The van der Waals surface area contributed by atoms with Gasteiger partial charge in [-0.25, -0.2) is 4.39 Å². The Morgan fingerprint density at radius 3 is 2.79 bits per heavy atom. The Bertz CT molecular complexity index is 867. The number of ether oxygens (including phenoxy) is 1. The first-order valence-corrected chi connectivity index (χ1v) is 8.57. The minimum absolute atomic E-state index is 0.0875. The van der Waals surface area contributed by atoms with Crippen molar-refractivity contribution in [1.29, 1.82) is 0 Å². The second kappa shape index (κ2) is 7.19. The van der Waals surface area contributed by atoms with Crippen LogP contribution in [0, 0.1) is 5.82 Å². The fraction of sp³-hybridized carbons (Fsp3) is 0.0588. The molecule has 0 aromatic heterocycles. The molecule has 0 aliphatic carbocycles. The summed E-state index contributed by atoms with van der Waals surface area (Å²) in [5.41, 5.74) is 6.70. The number of amides is 1. The van der Waals surface area contributed by atoms with E-state index in [2.05, 4.69) is 20.9 Å². The fourth-order valence-electron chi connectivity index (χ4n) is 2.10. The largest absolute Gasteiger partial charge is 0.488 e. The van der Waals surface area contributed by atoms with Gasteiger partial charge >= 0.3 is 0 Å². The molecule has 2 aromatic rings. The Morgan fingerprint density at radius 2 is 2.08 bits per heavy atom. The first-order chi connectivity index (χ1) is 11.5. The van der Waals surface area contributed by atoms with Gasteiger partial charge in [-0.1, -0.05) is 34.1 Å². The van der Waals surface area contributed by atoms with Crippen LogP contribution in [0.4, 0.5) is 4.39 Å². The lowest BCUT2D eigenvalue weighted by molar-refractivity contribution is -0.113. The van der Waals surface area contributed by atoms with Crippen molar-refractivity contribution in [3.05, 3.63) is 68.8 Å². The molecule has 0 saturated carbocycles. The van der Waals surface area contributed by atoms with Crippen LogP contribution in [0.5, 0.6) is 5.75 Å². The van der Waals surface area contributed by atoms with Crippen LogP contribution < -0.4 is 10.5 Å². The van der Waals surface area contributed by atoms with E-state index in [0.29, 0.717) is 21.8 Å². The summed E-state index contributed by atoms with van der Waals surface area (Å²) < 4.78 is 20.3. The zero-order valence-electron chi connectivity index (χ0n) is 12.3. The highest BCUT2D eigenvalue weighted by atomic mass is 79.9. The van der Waals surface area contributed by atoms with Crippen LogP contribution in [-0.2, 0) is 11.4 Å². The molecule has 2 aromatic carbocycles. The van der Waals surface area contributed by atoms with Crippen molar-refractivity contribution in [2.75, 3.05) is 0 Å². The number of nitrogens with two attached hydrogens (primary N) is 1. The van der Waals surface area contributed by atoms with Crippen LogP contribution in [0.15, 0.2) is 56.8 Å². The zero-order chi connectivity index (χ0) is 17.1. The van der Waals surface area contributed by atoms with E-state index in [0.717, 1.165) is 16.2 Å². The predicted octanol–water partition coefficient (Wildman–Crippen LogP) is 4.10. The molecule has 24 heavy (non-hydrogen) atoms. The van der Waals surface area contributed by atoms with Crippen LogP contribution in [0.2, 0.25) is 0 Å². The maximum Gasteiger partial charge on any atom is 0.286 e. The monoisotopic (exact) mass is 406 g/mol. The summed E-state index contributed by atoms with van der Waals surface area (Å²) in [5, 5.41) is 0.218. The number of hydrogen-bond donors (Lipinski definition) is 1. The van der Waals surface area contributed by atoms with Crippen molar-refractivity contribution >= 4 is 44.8 Å². The molecule has 1 aliphatic rings. The standard InChI is InChI=1S/C17H12BrFN2O2S/c18-12-5-6-14(23-9-10-3-1-2-4-13(10)19)11(7-12)8-15-16(22)21-17(20)24-15/h1-8H,9H2,(H2,20,21,22). The Hall–Kier alpha value is -2.12. The minimum Gasteiger partial charge on any atom is -0.488 e. The summed E-state index contributed by atoms with van der Waals surface area (Å²) in [6.45, 7) is 0.0875. The van der Waals surface area contributed by atoms with E-state index in [1.165, 1.54) is 6.07 Å². The van der Waals surface area contributed by atoms with Crippen molar-refractivity contribution in [2.45, 2.75) is 6.61 Å². The minimum atomic E-state index is -0.377. The zero-order valence-corrected chi connectivity index (χ0v) is 14.7. The second-order valence-electron chi connectivity index (χ2n) is 4.93. The second-order valence-corrected chi connectivity index (χ2v) is 6.91. The molecule has 0 bridgehead atoms. The van der Waals surface area contributed by atoms with Crippen molar-refractivity contribution < 1.29 is 13.9 Å². The first-order valence-electron chi connectivity index (χ1n) is 6.97. The lowest BCUT2D eigenvalue weighted by Gasteiger charge is -2.11. The molecule has 0 spiro atoms. The number of thioether (sulfide) groups is 1. The van der Waals surface area contributed by atoms with Gasteiger partial charge in [-0.3, -0.25) is 4.79 Å². The van der Waals surface area contributed by atoms with E-state index in [9.17, 15) is 9.18 Å². The third-order valence-electron chi connectivity index (χ3n) is 3.24. The van der Waals surface area contributed by atoms with Gasteiger partial charge in [0, 0.05) is 15.6 Å². The highest BCUT2D eigenvalue weighted by molar-refractivity contribution is 9.10. The van der Waals surface area contributed by atoms with Crippen LogP contribution >= 0.6 is 27.7 Å². The number of nitrogens with zero attached hydrogens (tertiary/aromatic N) is 1. The molecule has 2 N–H and O–H groups in total. The molecule has 0 atom stereocenters. The maximum absolute atomic E-state index is 13.7. The van der Waals surface area contributed by atoms with Gasteiger partial charge in [0.25, 0.3) is 5.91 Å². The normalized spacial score (nSPS) is 15.7. The van der Waals surface area contributed by atoms with Crippen LogP contribution in [0.3, 0.4) is 0 Å². The molecule has 0 unspecified atom stereocenters. The number of rotatable bonds is 4. The average molecular weight is 407 g/mol. The van der Waals surface area contributed by atoms with Crippen molar-refractivity contribution in [2.24, 2.45) is 10.7 Å². The molecule has 1 aliphatic heterocycles. The number of aliphatic imine (C=N–C) groups is 1. The molecule has 3 rings (SSSR count). The molecule has 0 saturated heterocycles. The molecule has 0 radical (unpaired) electrons. The van der Waals surface area contributed by atoms with Gasteiger partial charge in [0.05, 0.1) is 4.91 Å². The lowest BCUT2D eigenvalue weighted by atomic mass is 10.1. The van der Waals surface area contributed by atoms with Crippen molar-refractivity contribution in [3.8, 4) is 5.75 Å². The van der Waals surface area contributed by atoms with Gasteiger partial charge in [-0.15, -0.1) is 0 Å². The molecule has 1 amide bonds. The maximum atomic E-state index is 13.7. The SMILES string of the molecule is NC1=NC(=O)C(=Cc2cc(Br)ccc2OCc2ccccc2F)S1. The summed E-state index contributed by atoms with van der Waals surface area (Å²) in [7, 11) is 0. The Morgan fingerprint density at radius 1 is 1.29 bits per heavy atom. The summed E-state index contributed by atoms with van der Waals surface area (Å²) >= 11 is 4.50. The first kappa shape index (κ1) is 16.7. The number of halogens is 2. The summed E-state index contributed by atoms with van der Waals surface area (Å²) in [4.78, 5) is 15.8. The summed E-state index contributed by atoms with van der Waals surface area (Å²) in [5.74, 6) is -0.164. The number of carbonyl (C=O) groups excluding carboxylic acids is 1. The van der Waals surface area contributed by atoms with E-state index in [-0.39, 0.29) is 23.5 Å². The molecule has 4 nitrogen and oxygen atoms in total. The van der Waals surface area contributed by atoms with Gasteiger partial charge in [0.1, 0.15) is 18.2 Å². The van der Waals surface area contributed by atoms with E-state index >= 15 is 0 Å². The van der Waals surface area contributed by atoms with E-state index in [1.54, 1.807) is 30.3 Å². The van der Waals surface area contributed by atoms with Crippen molar-refractivity contribution in [1.82, 2.24) is 0 Å². The smallest absolute Gasteiger partial charge is 0.286 e. The van der Waals surface area contributed by atoms with Gasteiger partial charge in [-0.2, -0.15) is 4.99 Å². The molecule has 0 fully saturated rings. The summed E-state index contributed by atoms with van der Waals surface area (Å²) in [6, 6.07) is 11.8. The molecule has 122 valence electrons. The Labute approximate surface area is 150 Å². The quantitative estimate of drug-likeness (QED) is 0.776. The highest BCUT2D eigenvalue weighted by Crippen LogP contribution is 2.31. The molecular formula is C17H12BrFN2O2S. The van der Waals surface area contributed by atoms with Crippen LogP contribution in [0.25, 0.3) is 6.08 Å². The third-order valence-corrected chi connectivity index (χ3v) is 4.54. The molecular weight excluding hydrogens is 395 g/mol. The van der Waals surface area contributed by atoms with Crippen molar-refractivity contribution in [3.63, 3.8) is 0 Å². The third kappa shape index (κ3) is 3.85. The van der Waals surface area contributed by atoms with Gasteiger partial charge < -0.3 is 10.5 Å². The lowest BCUT2D eigenvalue weighted by Crippen LogP contribution is -2.01. The van der Waals surface area contributed by atoms with Gasteiger partial charge in [0.15, 0.2) is 5.17 Å². The van der Waals surface area contributed by atoms with Crippen LogP contribution in [-0.4, -0.2) is 11.1 Å². The van der Waals surface area contributed by atoms with E-state index in [4.69, 9.17) is 10.5 Å². The Balaban J connectivity index is 1.85. The molecule has 1 heterocycles. The topological polar surface area (TPSA) is 64.7 Å². The number of carbonyl (C=O) groups is 1. The van der Waals surface area contributed by atoms with E-state index in [1.807, 2.05) is 12.1 Å². The number of hydrogen-bond acceptors (Lipinski definition) is 4. The fourth-order valence-corrected chi connectivity index (χ4v) is 3.15. The average Bonchev–Trinajstić information content (AvgIpc) is 2.85. The highest BCUT2D eigenvalue weighted by Gasteiger charge is 2.20.